The van der Waals surface area contributed by atoms with Crippen LogP contribution >= 0.6 is 0 Å². The predicted octanol–water partition coefficient (Wildman–Crippen LogP) is 4.77. The average molecular weight is 261 g/mol. The zero-order chi connectivity index (χ0) is 13.8. The molecule has 0 aliphatic heterocycles. The van der Waals surface area contributed by atoms with Crippen LogP contribution in [0.4, 0.5) is 5.69 Å². The van der Waals surface area contributed by atoms with E-state index in [1.165, 1.54) is 36.9 Å². The van der Waals surface area contributed by atoms with Gasteiger partial charge in [0.2, 0.25) is 0 Å². The summed E-state index contributed by atoms with van der Waals surface area (Å²) < 4.78 is 5.73. The zero-order valence-corrected chi connectivity index (χ0v) is 12.7. The Morgan fingerprint density at radius 1 is 1.16 bits per heavy atom. The minimum atomic E-state index is 0.232. The van der Waals surface area contributed by atoms with Gasteiger partial charge in [-0.2, -0.15) is 0 Å². The van der Waals surface area contributed by atoms with Gasteiger partial charge in [0.25, 0.3) is 0 Å². The van der Waals surface area contributed by atoms with Gasteiger partial charge >= 0.3 is 0 Å². The molecule has 106 valence electrons. The van der Waals surface area contributed by atoms with Crippen LogP contribution < -0.4 is 10.1 Å². The van der Waals surface area contributed by atoms with Crippen molar-refractivity contribution in [2.45, 2.75) is 65.5 Å². The monoisotopic (exact) mass is 261 g/mol. The molecule has 2 nitrogen and oxygen atoms in total. The van der Waals surface area contributed by atoms with Gasteiger partial charge in [-0.05, 0) is 70.2 Å². The first-order valence-corrected chi connectivity index (χ1v) is 7.60. The van der Waals surface area contributed by atoms with E-state index >= 15 is 0 Å². The summed E-state index contributed by atoms with van der Waals surface area (Å²) in [5, 5.41) is 3.68. The molecule has 0 aromatic heterocycles. The molecule has 19 heavy (non-hydrogen) atoms. The Bertz CT molecular complexity index is 408. The lowest BCUT2D eigenvalue weighted by Crippen LogP contribution is -2.24. The molecule has 1 aromatic carbocycles. The van der Waals surface area contributed by atoms with E-state index in [0.717, 1.165) is 11.7 Å². The van der Waals surface area contributed by atoms with E-state index in [0.29, 0.717) is 6.04 Å². The fraction of sp³-hybridized carbons (Fsp3) is 0.647. The van der Waals surface area contributed by atoms with E-state index in [-0.39, 0.29) is 6.10 Å². The minimum Gasteiger partial charge on any atom is -0.491 e. The Kier molecular flexibility index (Phi) is 4.73. The van der Waals surface area contributed by atoms with Crippen LogP contribution in [0.5, 0.6) is 5.75 Å². The summed E-state index contributed by atoms with van der Waals surface area (Å²) >= 11 is 0. The number of anilines is 1. The number of hydrogen-bond donors (Lipinski definition) is 1. The van der Waals surface area contributed by atoms with Crippen molar-refractivity contribution >= 4 is 5.69 Å². The number of aryl methyl sites for hydroxylation is 1. The fourth-order valence-electron chi connectivity index (χ4n) is 2.96. The smallest absolute Gasteiger partial charge is 0.120 e. The molecule has 1 aliphatic rings. The predicted molar refractivity (Wildman–Crippen MR) is 82.0 cm³/mol. The molecule has 0 saturated heterocycles. The van der Waals surface area contributed by atoms with Crippen LogP contribution in [0.3, 0.4) is 0 Å². The standard InChI is InChI=1S/C17H27NO/c1-12(2)19-16-9-10-17(13(3)11-16)18-14(4)15-7-5-6-8-15/h9-12,14-15,18H,5-8H2,1-4H3. The van der Waals surface area contributed by atoms with E-state index in [4.69, 9.17) is 4.74 Å². The molecule has 0 spiro atoms. The van der Waals surface area contributed by atoms with Crippen LogP contribution in [0.2, 0.25) is 0 Å². The molecule has 0 amide bonds. The van der Waals surface area contributed by atoms with Gasteiger partial charge in [-0.25, -0.2) is 0 Å². The maximum atomic E-state index is 5.73. The molecule has 0 radical (unpaired) electrons. The second-order valence-corrected chi connectivity index (χ2v) is 6.12. The van der Waals surface area contributed by atoms with Crippen LogP contribution in [0.15, 0.2) is 18.2 Å². The van der Waals surface area contributed by atoms with Crippen molar-refractivity contribution in [3.8, 4) is 5.75 Å². The van der Waals surface area contributed by atoms with Crippen molar-refractivity contribution < 1.29 is 4.74 Å². The summed E-state index contributed by atoms with van der Waals surface area (Å²) in [6.07, 6.45) is 5.78. The molecule has 1 aliphatic carbocycles. The first-order chi connectivity index (χ1) is 9.06. The largest absolute Gasteiger partial charge is 0.491 e. The molecule has 1 saturated carbocycles. The van der Waals surface area contributed by atoms with Gasteiger partial charge in [0.1, 0.15) is 5.75 Å². The second-order valence-electron chi connectivity index (χ2n) is 6.12. The van der Waals surface area contributed by atoms with E-state index in [2.05, 4.69) is 51.2 Å². The Balaban J connectivity index is 2.00. The highest BCUT2D eigenvalue weighted by molar-refractivity contribution is 5.54. The fourth-order valence-corrected chi connectivity index (χ4v) is 2.96. The molecule has 1 fully saturated rings. The van der Waals surface area contributed by atoms with Crippen LogP contribution in [0.25, 0.3) is 0 Å². The molecule has 2 rings (SSSR count). The normalized spacial score (nSPS) is 17.7. The van der Waals surface area contributed by atoms with Crippen molar-refractivity contribution in [2.24, 2.45) is 5.92 Å². The Hall–Kier alpha value is -1.18. The lowest BCUT2D eigenvalue weighted by atomic mass is 9.99. The molecule has 1 aromatic rings. The van der Waals surface area contributed by atoms with E-state index < -0.39 is 0 Å². The van der Waals surface area contributed by atoms with Gasteiger partial charge in [-0.3, -0.25) is 0 Å². The van der Waals surface area contributed by atoms with Gasteiger partial charge in [-0.15, -0.1) is 0 Å². The summed E-state index contributed by atoms with van der Waals surface area (Å²) in [6.45, 7) is 8.58. The maximum Gasteiger partial charge on any atom is 0.120 e. The van der Waals surface area contributed by atoms with Crippen LogP contribution in [0.1, 0.15) is 52.0 Å². The van der Waals surface area contributed by atoms with E-state index in [9.17, 15) is 0 Å². The minimum absolute atomic E-state index is 0.232. The maximum absolute atomic E-state index is 5.73. The molecule has 1 unspecified atom stereocenters. The lowest BCUT2D eigenvalue weighted by molar-refractivity contribution is 0.242. The van der Waals surface area contributed by atoms with Crippen molar-refractivity contribution in [3.63, 3.8) is 0 Å². The van der Waals surface area contributed by atoms with Gasteiger partial charge < -0.3 is 10.1 Å². The average Bonchev–Trinajstić information content (AvgIpc) is 2.85. The highest BCUT2D eigenvalue weighted by Gasteiger charge is 2.21. The highest BCUT2D eigenvalue weighted by Crippen LogP contribution is 2.30. The second kappa shape index (κ2) is 6.31. The Labute approximate surface area is 117 Å². The van der Waals surface area contributed by atoms with Crippen molar-refractivity contribution in [2.75, 3.05) is 5.32 Å². The zero-order valence-electron chi connectivity index (χ0n) is 12.7. The van der Waals surface area contributed by atoms with Crippen LogP contribution in [-0.4, -0.2) is 12.1 Å². The summed E-state index contributed by atoms with van der Waals surface area (Å²) in [6, 6.07) is 6.91. The van der Waals surface area contributed by atoms with Gasteiger partial charge in [0.15, 0.2) is 0 Å². The third-order valence-electron chi connectivity index (χ3n) is 4.06. The quantitative estimate of drug-likeness (QED) is 0.824. The third-order valence-corrected chi connectivity index (χ3v) is 4.06. The SMILES string of the molecule is Cc1cc(OC(C)C)ccc1NC(C)C1CCCC1. The lowest BCUT2D eigenvalue weighted by Gasteiger charge is -2.23. The van der Waals surface area contributed by atoms with Gasteiger partial charge in [0, 0.05) is 11.7 Å². The number of rotatable bonds is 5. The molecule has 0 heterocycles. The Morgan fingerprint density at radius 3 is 2.42 bits per heavy atom. The topological polar surface area (TPSA) is 21.3 Å². The molecular formula is C17H27NO. The highest BCUT2D eigenvalue weighted by atomic mass is 16.5. The molecular weight excluding hydrogens is 234 g/mol. The summed E-state index contributed by atoms with van der Waals surface area (Å²) in [5.74, 6) is 1.80. The first-order valence-electron chi connectivity index (χ1n) is 7.60. The number of ether oxygens (including phenoxy) is 1. The number of benzene rings is 1. The van der Waals surface area contributed by atoms with Crippen molar-refractivity contribution in [1.29, 1.82) is 0 Å². The van der Waals surface area contributed by atoms with Gasteiger partial charge in [-0.1, -0.05) is 12.8 Å². The Morgan fingerprint density at radius 2 is 1.84 bits per heavy atom. The summed E-state index contributed by atoms with van der Waals surface area (Å²) in [4.78, 5) is 0. The molecule has 1 atom stereocenters. The van der Waals surface area contributed by atoms with Crippen molar-refractivity contribution in [3.05, 3.63) is 23.8 Å². The van der Waals surface area contributed by atoms with Crippen LogP contribution in [-0.2, 0) is 0 Å². The van der Waals surface area contributed by atoms with E-state index in [1.54, 1.807) is 0 Å². The molecule has 2 heteroatoms. The summed E-state index contributed by atoms with van der Waals surface area (Å²) in [5.41, 5.74) is 2.51. The van der Waals surface area contributed by atoms with Gasteiger partial charge in [0.05, 0.1) is 6.10 Å². The van der Waals surface area contributed by atoms with Crippen molar-refractivity contribution in [1.82, 2.24) is 0 Å². The summed E-state index contributed by atoms with van der Waals surface area (Å²) in [7, 11) is 0. The molecule has 0 bridgehead atoms. The number of nitrogens with one attached hydrogen (secondary N) is 1. The third kappa shape index (κ3) is 3.89. The number of hydrogen-bond acceptors (Lipinski definition) is 2. The van der Waals surface area contributed by atoms with E-state index in [1.807, 2.05) is 0 Å². The first kappa shape index (κ1) is 14.2. The van der Waals surface area contributed by atoms with Crippen LogP contribution in [0, 0.1) is 12.8 Å². The molecule has 1 N–H and O–H groups in total.